The first-order chi connectivity index (χ1) is 8.56. The third-order valence-corrected chi connectivity index (χ3v) is 2.36. The molecule has 0 aliphatic heterocycles. The van der Waals surface area contributed by atoms with Crippen LogP contribution in [0.1, 0.15) is 0 Å². The van der Waals surface area contributed by atoms with Crippen molar-refractivity contribution >= 4 is 29.1 Å². The van der Waals surface area contributed by atoms with E-state index in [2.05, 4.69) is 10.6 Å². The van der Waals surface area contributed by atoms with Crippen LogP contribution in [0.2, 0.25) is 5.02 Å². The minimum atomic E-state index is -0.391. The lowest BCUT2D eigenvalue weighted by atomic mass is 10.3. The minimum Gasteiger partial charge on any atom is -0.495 e. The lowest BCUT2D eigenvalue weighted by molar-refractivity contribution is -0.123. The highest BCUT2D eigenvalue weighted by molar-refractivity contribution is 6.32. The Balaban J connectivity index is 2.54. The summed E-state index contributed by atoms with van der Waals surface area (Å²) in [4.78, 5) is 22.3. The molecular formula is C11H14ClN3O3. The van der Waals surface area contributed by atoms with Gasteiger partial charge in [-0.2, -0.15) is 0 Å². The quantitative estimate of drug-likeness (QED) is 0.721. The molecule has 0 saturated heterocycles. The summed E-state index contributed by atoms with van der Waals surface area (Å²) >= 11 is 5.90. The smallest absolute Gasteiger partial charge is 0.243 e. The summed E-state index contributed by atoms with van der Waals surface area (Å²) < 4.78 is 4.98. The third-order valence-electron chi connectivity index (χ3n) is 2.07. The third kappa shape index (κ3) is 4.23. The molecule has 0 spiro atoms. The Labute approximate surface area is 109 Å². The normalized spacial score (nSPS) is 9.72. The molecule has 18 heavy (non-hydrogen) atoms. The zero-order valence-electron chi connectivity index (χ0n) is 9.83. The van der Waals surface area contributed by atoms with Crippen molar-refractivity contribution in [2.24, 2.45) is 5.73 Å². The molecule has 0 bridgehead atoms. The summed E-state index contributed by atoms with van der Waals surface area (Å²) in [6.07, 6.45) is 0. The fraction of sp³-hybridized carbons (Fsp3) is 0.273. The van der Waals surface area contributed by atoms with Crippen LogP contribution in [0, 0.1) is 0 Å². The number of nitrogens with two attached hydrogens (primary N) is 1. The summed E-state index contributed by atoms with van der Waals surface area (Å²) in [5, 5.41) is 5.32. The maximum Gasteiger partial charge on any atom is 0.243 e. The zero-order chi connectivity index (χ0) is 13.5. The highest BCUT2D eigenvalue weighted by Gasteiger charge is 2.06. The fourth-order valence-corrected chi connectivity index (χ4v) is 1.46. The van der Waals surface area contributed by atoms with Crippen molar-refractivity contribution in [3.63, 3.8) is 0 Å². The van der Waals surface area contributed by atoms with Crippen molar-refractivity contribution < 1.29 is 14.3 Å². The van der Waals surface area contributed by atoms with E-state index in [0.717, 1.165) is 0 Å². The molecule has 4 N–H and O–H groups in total. The molecule has 0 fully saturated rings. The molecule has 0 aliphatic carbocycles. The van der Waals surface area contributed by atoms with Crippen molar-refractivity contribution in [3.05, 3.63) is 23.2 Å². The molecular weight excluding hydrogens is 258 g/mol. The van der Waals surface area contributed by atoms with E-state index >= 15 is 0 Å². The number of anilines is 1. The number of halogens is 1. The summed E-state index contributed by atoms with van der Waals surface area (Å²) in [6, 6.07) is 4.84. The van der Waals surface area contributed by atoms with E-state index in [1.165, 1.54) is 7.11 Å². The van der Waals surface area contributed by atoms with Crippen LogP contribution in [0.5, 0.6) is 5.75 Å². The highest BCUT2D eigenvalue weighted by Crippen LogP contribution is 2.26. The molecule has 0 atom stereocenters. The van der Waals surface area contributed by atoms with Gasteiger partial charge in [-0.05, 0) is 18.2 Å². The van der Waals surface area contributed by atoms with Crippen LogP contribution >= 0.6 is 11.6 Å². The molecule has 7 heteroatoms. The van der Waals surface area contributed by atoms with Crippen molar-refractivity contribution in [1.29, 1.82) is 0 Å². The van der Waals surface area contributed by atoms with E-state index in [4.69, 9.17) is 22.1 Å². The molecule has 1 aromatic rings. The van der Waals surface area contributed by atoms with E-state index in [-0.39, 0.29) is 19.0 Å². The minimum absolute atomic E-state index is 0.139. The van der Waals surface area contributed by atoms with Gasteiger partial charge in [-0.25, -0.2) is 0 Å². The summed E-state index contributed by atoms with van der Waals surface area (Å²) in [5.74, 6) is -0.234. The monoisotopic (exact) mass is 271 g/mol. The standard InChI is InChI=1S/C11H14ClN3O3/c1-18-9-3-2-7(4-8(9)12)15-11(17)6-14-10(16)5-13/h2-4H,5-6,13H2,1H3,(H,14,16)(H,15,17). The van der Waals surface area contributed by atoms with Gasteiger partial charge >= 0.3 is 0 Å². The predicted molar refractivity (Wildman–Crippen MR) is 68.7 cm³/mol. The number of nitrogens with one attached hydrogen (secondary N) is 2. The second-order valence-electron chi connectivity index (χ2n) is 3.38. The van der Waals surface area contributed by atoms with Crippen LogP contribution in [-0.2, 0) is 9.59 Å². The first-order valence-corrected chi connectivity index (χ1v) is 5.54. The fourth-order valence-electron chi connectivity index (χ4n) is 1.20. The maximum absolute atomic E-state index is 11.5. The summed E-state index contributed by atoms with van der Waals surface area (Å²) in [5.41, 5.74) is 5.61. The summed E-state index contributed by atoms with van der Waals surface area (Å²) in [7, 11) is 1.50. The number of carbonyl (C=O) groups is 2. The van der Waals surface area contributed by atoms with Gasteiger partial charge in [0.05, 0.1) is 25.2 Å². The number of carbonyl (C=O) groups excluding carboxylic acids is 2. The van der Waals surface area contributed by atoms with Gasteiger partial charge in [0.15, 0.2) is 0 Å². The molecule has 0 aromatic heterocycles. The number of ether oxygens (including phenoxy) is 1. The van der Waals surface area contributed by atoms with Gasteiger partial charge < -0.3 is 21.1 Å². The molecule has 0 aliphatic rings. The van der Waals surface area contributed by atoms with Crippen LogP contribution in [0.25, 0.3) is 0 Å². The number of rotatable bonds is 5. The number of benzene rings is 1. The van der Waals surface area contributed by atoms with Crippen molar-refractivity contribution in [2.75, 3.05) is 25.5 Å². The van der Waals surface area contributed by atoms with Gasteiger partial charge in [0.1, 0.15) is 5.75 Å². The first kappa shape index (κ1) is 14.3. The molecule has 0 radical (unpaired) electrons. The zero-order valence-corrected chi connectivity index (χ0v) is 10.6. The van der Waals surface area contributed by atoms with Crippen molar-refractivity contribution in [3.8, 4) is 5.75 Å². The van der Waals surface area contributed by atoms with E-state index in [1.54, 1.807) is 18.2 Å². The molecule has 1 rings (SSSR count). The Hall–Kier alpha value is -1.79. The number of hydrogen-bond acceptors (Lipinski definition) is 4. The van der Waals surface area contributed by atoms with Crippen molar-refractivity contribution in [1.82, 2.24) is 5.32 Å². The average molecular weight is 272 g/mol. The Morgan fingerprint density at radius 3 is 2.67 bits per heavy atom. The van der Waals surface area contributed by atoms with Gasteiger partial charge in [-0.15, -0.1) is 0 Å². The lowest BCUT2D eigenvalue weighted by Gasteiger charge is -2.08. The molecule has 98 valence electrons. The summed E-state index contributed by atoms with van der Waals surface area (Å²) in [6.45, 7) is -0.290. The largest absolute Gasteiger partial charge is 0.495 e. The van der Waals surface area contributed by atoms with Gasteiger partial charge in [-0.1, -0.05) is 11.6 Å². The molecule has 0 saturated carbocycles. The second kappa shape index (κ2) is 6.83. The number of hydrogen-bond donors (Lipinski definition) is 3. The average Bonchev–Trinajstić information content (AvgIpc) is 2.36. The Morgan fingerprint density at radius 1 is 1.39 bits per heavy atom. The van der Waals surface area contributed by atoms with Gasteiger partial charge in [0, 0.05) is 5.69 Å². The lowest BCUT2D eigenvalue weighted by Crippen LogP contribution is -2.36. The molecule has 6 nitrogen and oxygen atoms in total. The Morgan fingerprint density at radius 2 is 2.11 bits per heavy atom. The van der Waals surface area contributed by atoms with E-state index in [0.29, 0.717) is 16.5 Å². The first-order valence-electron chi connectivity index (χ1n) is 5.17. The van der Waals surface area contributed by atoms with E-state index < -0.39 is 5.91 Å². The van der Waals surface area contributed by atoms with Gasteiger partial charge in [0.2, 0.25) is 11.8 Å². The van der Waals surface area contributed by atoms with Crippen molar-refractivity contribution in [2.45, 2.75) is 0 Å². The molecule has 0 unspecified atom stereocenters. The van der Waals surface area contributed by atoms with Crippen LogP contribution in [-0.4, -0.2) is 32.0 Å². The van der Waals surface area contributed by atoms with Crippen LogP contribution in [0.3, 0.4) is 0 Å². The molecule has 1 aromatic carbocycles. The van der Waals surface area contributed by atoms with Gasteiger partial charge in [-0.3, -0.25) is 9.59 Å². The van der Waals surface area contributed by atoms with E-state index in [9.17, 15) is 9.59 Å². The topological polar surface area (TPSA) is 93.5 Å². The van der Waals surface area contributed by atoms with E-state index in [1.807, 2.05) is 0 Å². The Kier molecular flexibility index (Phi) is 5.41. The van der Waals surface area contributed by atoms with Gasteiger partial charge in [0.25, 0.3) is 0 Å². The number of amides is 2. The van der Waals surface area contributed by atoms with Crippen LogP contribution in [0.4, 0.5) is 5.69 Å². The van der Waals surface area contributed by atoms with Crippen LogP contribution in [0.15, 0.2) is 18.2 Å². The van der Waals surface area contributed by atoms with Crippen LogP contribution < -0.4 is 21.1 Å². The maximum atomic E-state index is 11.5. The molecule has 2 amide bonds. The molecule has 0 heterocycles. The second-order valence-corrected chi connectivity index (χ2v) is 3.79. The Bertz CT molecular complexity index is 451. The highest BCUT2D eigenvalue weighted by atomic mass is 35.5. The SMILES string of the molecule is COc1ccc(NC(=O)CNC(=O)CN)cc1Cl. The predicted octanol–water partition coefficient (Wildman–Crippen LogP) is 0.362. The number of methoxy groups -OCH3 is 1.